The zero-order valence-electron chi connectivity index (χ0n) is 8.81. The molecule has 12 heavy (non-hydrogen) atoms. The highest BCUT2D eigenvalue weighted by molar-refractivity contribution is 5.83. The highest BCUT2D eigenvalue weighted by Gasteiger charge is 2.22. The summed E-state index contributed by atoms with van der Waals surface area (Å²) >= 11 is 0. The zero-order valence-corrected chi connectivity index (χ0v) is 8.81. The number of ether oxygens (including phenoxy) is 1. The summed E-state index contributed by atoms with van der Waals surface area (Å²) in [5.41, 5.74) is -0.206. The standard InChI is InChI=1S/C10H20O2/c1-8(7-12-5)6-9(11)10(2,3)4/h8H,6-7H2,1-5H3. The molecule has 72 valence electrons. The van der Waals surface area contributed by atoms with Gasteiger partial charge in [0.25, 0.3) is 0 Å². The number of ketones is 1. The lowest BCUT2D eigenvalue weighted by Gasteiger charge is -2.19. The van der Waals surface area contributed by atoms with E-state index in [-0.39, 0.29) is 5.41 Å². The third-order valence-corrected chi connectivity index (χ3v) is 1.82. The Morgan fingerprint density at radius 2 is 1.92 bits per heavy atom. The highest BCUT2D eigenvalue weighted by Crippen LogP contribution is 2.19. The van der Waals surface area contributed by atoms with E-state index in [1.165, 1.54) is 0 Å². The second kappa shape index (κ2) is 4.61. The van der Waals surface area contributed by atoms with Crippen molar-refractivity contribution < 1.29 is 9.53 Å². The summed E-state index contributed by atoms with van der Waals surface area (Å²) in [5, 5.41) is 0. The molecule has 0 rings (SSSR count). The Bertz CT molecular complexity index is 144. The Kier molecular flexibility index (Phi) is 4.46. The quantitative estimate of drug-likeness (QED) is 0.650. The Morgan fingerprint density at radius 3 is 2.25 bits per heavy atom. The average Bonchev–Trinajstić information content (AvgIpc) is 1.85. The largest absolute Gasteiger partial charge is 0.384 e. The molecule has 0 aromatic carbocycles. The van der Waals surface area contributed by atoms with E-state index in [4.69, 9.17) is 4.74 Å². The Labute approximate surface area is 75.3 Å². The fourth-order valence-electron chi connectivity index (χ4n) is 0.966. The maximum absolute atomic E-state index is 11.5. The molecule has 0 saturated heterocycles. The first kappa shape index (κ1) is 11.6. The molecule has 0 radical (unpaired) electrons. The number of Topliss-reactive ketones (excluding diaryl/α,β-unsaturated/α-hetero) is 1. The fourth-order valence-corrected chi connectivity index (χ4v) is 0.966. The van der Waals surface area contributed by atoms with Crippen molar-refractivity contribution in [2.45, 2.75) is 34.1 Å². The molecule has 0 amide bonds. The lowest BCUT2D eigenvalue weighted by Crippen LogP contribution is -2.23. The van der Waals surface area contributed by atoms with Gasteiger partial charge < -0.3 is 4.74 Å². The molecule has 1 unspecified atom stereocenters. The summed E-state index contributed by atoms with van der Waals surface area (Å²) in [6.07, 6.45) is 0.622. The van der Waals surface area contributed by atoms with Gasteiger partial charge in [-0.1, -0.05) is 27.7 Å². The van der Waals surface area contributed by atoms with Crippen molar-refractivity contribution in [1.29, 1.82) is 0 Å². The molecule has 0 N–H and O–H groups in total. The van der Waals surface area contributed by atoms with Gasteiger partial charge in [-0.15, -0.1) is 0 Å². The van der Waals surface area contributed by atoms with Crippen LogP contribution in [0.1, 0.15) is 34.1 Å². The van der Waals surface area contributed by atoms with Gasteiger partial charge in [0.15, 0.2) is 0 Å². The van der Waals surface area contributed by atoms with Crippen molar-refractivity contribution in [3.63, 3.8) is 0 Å². The minimum absolute atomic E-state index is 0.206. The summed E-state index contributed by atoms with van der Waals surface area (Å²) in [6, 6.07) is 0. The van der Waals surface area contributed by atoms with Crippen LogP contribution in [0.3, 0.4) is 0 Å². The van der Waals surface area contributed by atoms with Crippen LogP contribution in [0.4, 0.5) is 0 Å². The Balaban J connectivity index is 3.85. The van der Waals surface area contributed by atoms with Gasteiger partial charge in [0.1, 0.15) is 5.78 Å². The van der Waals surface area contributed by atoms with Crippen LogP contribution in [0.25, 0.3) is 0 Å². The van der Waals surface area contributed by atoms with Gasteiger partial charge in [-0.25, -0.2) is 0 Å². The molecule has 2 heteroatoms. The van der Waals surface area contributed by atoms with Crippen molar-refractivity contribution in [2.24, 2.45) is 11.3 Å². The summed E-state index contributed by atoms with van der Waals surface area (Å²) in [5.74, 6) is 0.647. The van der Waals surface area contributed by atoms with Crippen LogP contribution in [-0.4, -0.2) is 19.5 Å². The Morgan fingerprint density at radius 1 is 1.42 bits per heavy atom. The van der Waals surface area contributed by atoms with Gasteiger partial charge in [0, 0.05) is 25.6 Å². The minimum Gasteiger partial charge on any atom is -0.384 e. The number of methoxy groups -OCH3 is 1. The molecular formula is C10H20O2. The van der Waals surface area contributed by atoms with E-state index in [0.717, 1.165) is 0 Å². The van der Waals surface area contributed by atoms with E-state index in [1.807, 2.05) is 27.7 Å². The number of carbonyl (C=O) groups is 1. The number of rotatable bonds is 4. The number of hydrogen-bond acceptors (Lipinski definition) is 2. The van der Waals surface area contributed by atoms with Gasteiger partial charge >= 0.3 is 0 Å². The summed E-state index contributed by atoms with van der Waals surface area (Å²) in [6.45, 7) is 8.56. The van der Waals surface area contributed by atoms with Crippen molar-refractivity contribution in [2.75, 3.05) is 13.7 Å². The topological polar surface area (TPSA) is 26.3 Å². The molecular weight excluding hydrogens is 152 g/mol. The first-order chi connectivity index (χ1) is 5.38. The zero-order chi connectivity index (χ0) is 9.78. The van der Waals surface area contributed by atoms with Gasteiger partial charge in [0.2, 0.25) is 0 Å². The van der Waals surface area contributed by atoms with E-state index in [1.54, 1.807) is 7.11 Å². The highest BCUT2D eigenvalue weighted by atomic mass is 16.5. The fraction of sp³-hybridized carbons (Fsp3) is 0.900. The summed E-state index contributed by atoms with van der Waals surface area (Å²) in [7, 11) is 1.66. The first-order valence-electron chi connectivity index (χ1n) is 4.40. The van der Waals surface area contributed by atoms with Crippen LogP contribution in [0.5, 0.6) is 0 Å². The van der Waals surface area contributed by atoms with E-state index < -0.39 is 0 Å². The van der Waals surface area contributed by atoms with E-state index in [0.29, 0.717) is 24.7 Å². The second-order valence-electron chi connectivity index (χ2n) is 4.44. The molecule has 0 saturated carbocycles. The molecule has 2 nitrogen and oxygen atoms in total. The minimum atomic E-state index is -0.206. The van der Waals surface area contributed by atoms with Crippen molar-refractivity contribution in [3.8, 4) is 0 Å². The van der Waals surface area contributed by atoms with Gasteiger partial charge in [-0.3, -0.25) is 4.79 Å². The average molecular weight is 172 g/mol. The van der Waals surface area contributed by atoms with Crippen LogP contribution in [0, 0.1) is 11.3 Å². The molecule has 0 aliphatic carbocycles. The van der Waals surface area contributed by atoms with Crippen molar-refractivity contribution in [1.82, 2.24) is 0 Å². The number of carbonyl (C=O) groups excluding carboxylic acids is 1. The summed E-state index contributed by atoms with van der Waals surface area (Å²) in [4.78, 5) is 11.5. The molecule has 0 aliphatic rings. The van der Waals surface area contributed by atoms with Gasteiger partial charge in [-0.2, -0.15) is 0 Å². The van der Waals surface area contributed by atoms with Crippen molar-refractivity contribution in [3.05, 3.63) is 0 Å². The smallest absolute Gasteiger partial charge is 0.138 e. The van der Waals surface area contributed by atoms with Gasteiger partial charge in [-0.05, 0) is 5.92 Å². The molecule has 1 atom stereocenters. The van der Waals surface area contributed by atoms with Crippen LogP contribution in [-0.2, 0) is 9.53 Å². The van der Waals surface area contributed by atoms with Crippen LogP contribution >= 0.6 is 0 Å². The monoisotopic (exact) mass is 172 g/mol. The lowest BCUT2D eigenvalue weighted by atomic mass is 9.86. The third kappa shape index (κ3) is 4.50. The predicted octanol–water partition coefficient (Wildman–Crippen LogP) is 2.27. The normalized spacial score (nSPS) is 14.4. The maximum atomic E-state index is 11.5. The first-order valence-corrected chi connectivity index (χ1v) is 4.40. The third-order valence-electron chi connectivity index (χ3n) is 1.82. The van der Waals surface area contributed by atoms with Gasteiger partial charge in [0.05, 0.1) is 0 Å². The second-order valence-corrected chi connectivity index (χ2v) is 4.44. The van der Waals surface area contributed by atoms with E-state index in [9.17, 15) is 4.79 Å². The lowest BCUT2D eigenvalue weighted by molar-refractivity contribution is -0.127. The van der Waals surface area contributed by atoms with Crippen LogP contribution < -0.4 is 0 Å². The van der Waals surface area contributed by atoms with Crippen molar-refractivity contribution >= 4 is 5.78 Å². The molecule has 0 aromatic heterocycles. The molecule has 0 aromatic rings. The predicted molar refractivity (Wildman–Crippen MR) is 50.1 cm³/mol. The molecule has 0 spiro atoms. The summed E-state index contributed by atoms with van der Waals surface area (Å²) < 4.78 is 4.96. The Hall–Kier alpha value is -0.370. The van der Waals surface area contributed by atoms with E-state index in [2.05, 4.69) is 0 Å². The molecule has 0 aliphatic heterocycles. The number of hydrogen-bond donors (Lipinski definition) is 0. The molecule has 0 bridgehead atoms. The maximum Gasteiger partial charge on any atom is 0.138 e. The molecule has 0 heterocycles. The van der Waals surface area contributed by atoms with Crippen LogP contribution in [0.15, 0.2) is 0 Å². The van der Waals surface area contributed by atoms with Crippen LogP contribution in [0.2, 0.25) is 0 Å². The van der Waals surface area contributed by atoms with E-state index >= 15 is 0 Å². The molecule has 0 fully saturated rings. The SMILES string of the molecule is COCC(C)CC(=O)C(C)(C)C.